The standard InChI is InChI=1S/C6H12N2O2.C2H6/c1-4(2)6(10)8-3-5(7)9;1-2/h4H,3H2,1-2H3,(H2,7,9)(H,8,10);1-2H3. The fraction of sp³-hybridized carbons (Fsp3) is 0.750. The number of nitrogens with two attached hydrogens (primary N) is 1. The van der Waals surface area contributed by atoms with Gasteiger partial charge in [-0.15, -0.1) is 0 Å². The summed E-state index contributed by atoms with van der Waals surface area (Å²) >= 11 is 0. The topological polar surface area (TPSA) is 72.2 Å². The van der Waals surface area contributed by atoms with Gasteiger partial charge in [0.1, 0.15) is 0 Å². The van der Waals surface area contributed by atoms with Gasteiger partial charge in [-0.1, -0.05) is 27.7 Å². The summed E-state index contributed by atoms with van der Waals surface area (Å²) in [4.78, 5) is 20.9. The smallest absolute Gasteiger partial charge is 0.236 e. The normalized spacial score (nSPS) is 8.42. The number of primary amides is 1. The van der Waals surface area contributed by atoms with Crippen molar-refractivity contribution in [2.24, 2.45) is 11.7 Å². The fourth-order valence-corrected chi connectivity index (χ4v) is 0.378. The molecule has 0 atom stereocenters. The van der Waals surface area contributed by atoms with E-state index in [1.54, 1.807) is 13.8 Å². The first kappa shape index (κ1) is 13.5. The second kappa shape index (κ2) is 8.04. The van der Waals surface area contributed by atoms with Gasteiger partial charge < -0.3 is 11.1 Å². The van der Waals surface area contributed by atoms with Gasteiger partial charge in [0.25, 0.3) is 0 Å². The Labute approximate surface area is 73.5 Å². The lowest BCUT2D eigenvalue weighted by atomic mass is 10.2. The number of rotatable bonds is 3. The van der Waals surface area contributed by atoms with Crippen LogP contribution in [0.4, 0.5) is 0 Å². The van der Waals surface area contributed by atoms with Gasteiger partial charge in [0.05, 0.1) is 6.54 Å². The Morgan fingerprint density at radius 2 is 1.75 bits per heavy atom. The van der Waals surface area contributed by atoms with Crippen LogP contribution in [0.25, 0.3) is 0 Å². The Kier molecular flexibility index (Phi) is 9.06. The first-order valence-corrected chi connectivity index (χ1v) is 4.10. The number of hydrogen-bond donors (Lipinski definition) is 2. The number of hydrogen-bond acceptors (Lipinski definition) is 2. The maximum absolute atomic E-state index is 10.7. The molecule has 0 unspecified atom stereocenters. The average Bonchev–Trinajstić information content (AvgIpc) is 2.03. The molecule has 0 aromatic carbocycles. The van der Waals surface area contributed by atoms with Crippen LogP contribution in [0.15, 0.2) is 0 Å². The molecule has 4 nitrogen and oxygen atoms in total. The van der Waals surface area contributed by atoms with Crippen molar-refractivity contribution < 1.29 is 9.59 Å². The summed E-state index contributed by atoms with van der Waals surface area (Å²) in [6, 6.07) is 0. The van der Waals surface area contributed by atoms with Crippen molar-refractivity contribution in [1.82, 2.24) is 5.32 Å². The van der Waals surface area contributed by atoms with Crippen molar-refractivity contribution >= 4 is 11.8 Å². The third kappa shape index (κ3) is 8.94. The van der Waals surface area contributed by atoms with Crippen molar-refractivity contribution in [3.05, 3.63) is 0 Å². The molecule has 0 fully saturated rings. The SMILES string of the molecule is CC.CC(C)C(=O)NCC(N)=O. The zero-order valence-corrected chi connectivity index (χ0v) is 8.18. The van der Waals surface area contributed by atoms with E-state index in [-0.39, 0.29) is 18.4 Å². The highest BCUT2D eigenvalue weighted by Gasteiger charge is 2.05. The van der Waals surface area contributed by atoms with Gasteiger partial charge in [-0.05, 0) is 0 Å². The molecule has 0 spiro atoms. The largest absolute Gasteiger partial charge is 0.368 e. The highest BCUT2D eigenvalue weighted by atomic mass is 16.2. The van der Waals surface area contributed by atoms with E-state index in [9.17, 15) is 9.59 Å². The Balaban J connectivity index is 0. The molecule has 0 aliphatic rings. The zero-order chi connectivity index (χ0) is 10.1. The van der Waals surface area contributed by atoms with Crippen molar-refractivity contribution in [2.45, 2.75) is 27.7 Å². The van der Waals surface area contributed by atoms with Crippen LogP contribution in [-0.4, -0.2) is 18.4 Å². The lowest BCUT2D eigenvalue weighted by Crippen LogP contribution is -2.35. The molecule has 0 saturated heterocycles. The molecule has 4 heteroatoms. The summed E-state index contributed by atoms with van der Waals surface area (Å²) in [5.74, 6) is -0.771. The first-order chi connectivity index (χ1) is 5.54. The number of amides is 2. The van der Waals surface area contributed by atoms with Crippen LogP contribution in [0.5, 0.6) is 0 Å². The molecule has 0 heterocycles. The molecule has 0 bridgehead atoms. The lowest BCUT2D eigenvalue weighted by molar-refractivity contribution is -0.126. The molecule has 0 aliphatic heterocycles. The van der Waals surface area contributed by atoms with E-state index in [1.165, 1.54) is 0 Å². The highest BCUT2D eigenvalue weighted by molar-refractivity contribution is 5.84. The Morgan fingerprint density at radius 1 is 1.33 bits per heavy atom. The van der Waals surface area contributed by atoms with Gasteiger partial charge in [-0.25, -0.2) is 0 Å². The van der Waals surface area contributed by atoms with Crippen LogP contribution < -0.4 is 11.1 Å². The highest BCUT2D eigenvalue weighted by Crippen LogP contribution is 1.88. The summed E-state index contributed by atoms with van der Waals surface area (Å²) in [6.07, 6.45) is 0. The van der Waals surface area contributed by atoms with Crippen LogP contribution in [0.3, 0.4) is 0 Å². The van der Waals surface area contributed by atoms with E-state index >= 15 is 0 Å². The van der Waals surface area contributed by atoms with Gasteiger partial charge in [0, 0.05) is 5.92 Å². The second-order valence-electron chi connectivity index (χ2n) is 2.34. The van der Waals surface area contributed by atoms with Gasteiger partial charge in [0.2, 0.25) is 11.8 Å². The van der Waals surface area contributed by atoms with Gasteiger partial charge in [-0.2, -0.15) is 0 Å². The Morgan fingerprint density at radius 3 is 2.00 bits per heavy atom. The molecule has 0 radical (unpaired) electrons. The molecule has 72 valence electrons. The minimum Gasteiger partial charge on any atom is -0.368 e. The van der Waals surface area contributed by atoms with Crippen molar-refractivity contribution in [2.75, 3.05) is 6.54 Å². The lowest BCUT2D eigenvalue weighted by Gasteiger charge is -2.03. The molecule has 0 aromatic heterocycles. The average molecular weight is 174 g/mol. The van der Waals surface area contributed by atoms with Gasteiger partial charge in [0.15, 0.2) is 0 Å². The molecule has 12 heavy (non-hydrogen) atoms. The van der Waals surface area contributed by atoms with Gasteiger partial charge >= 0.3 is 0 Å². The van der Waals surface area contributed by atoms with E-state index < -0.39 is 5.91 Å². The number of carbonyl (C=O) groups excluding carboxylic acids is 2. The van der Waals surface area contributed by atoms with Crippen molar-refractivity contribution in [3.8, 4) is 0 Å². The van der Waals surface area contributed by atoms with Crippen LogP contribution in [-0.2, 0) is 9.59 Å². The third-order valence-electron chi connectivity index (χ3n) is 0.961. The summed E-state index contributed by atoms with van der Waals surface area (Å²) in [6.45, 7) is 7.42. The fourth-order valence-electron chi connectivity index (χ4n) is 0.378. The molecule has 0 saturated carbocycles. The Hall–Kier alpha value is -1.06. The van der Waals surface area contributed by atoms with E-state index in [2.05, 4.69) is 5.32 Å². The minimum absolute atomic E-state index is 0.0724. The minimum atomic E-state index is -0.519. The summed E-state index contributed by atoms with van der Waals surface area (Å²) in [7, 11) is 0. The summed E-state index contributed by atoms with van der Waals surface area (Å²) in [5.41, 5.74) is 4.79. The van der Waals surface area contributed by atoms with Crippen LogP contribution in [0.1, 0.15) is 27.7 Å². The quantitative estimate of drug-likeness (QED) is 0.644. The summed E-state index contributed by atoms with van der Waals surface area (Å²) < 4.78 is 0. The van der Waals surface area contributed by atoms with Crippen molar-refractivity contribution in [3.63, 3.8) is 0 Å². The summed E-state index contributed by atoms with van der Waals surface area (Å²) in [5, 5.41) is 2.37. The predicted molar refractivity (Wildman–Crippen MR) is 48.4 cm³/mol. The van der Waals surface area contributed by atoms with E-state index in [0.29, 0.717) is 0 Å². The molecule has 3 N–H and O–H groups in total. The molecule has 0 aromatic rings. The predicted octanol–water partition coefficient (Wildman–Crippen LogP) is 0.270. The second-order valence-corrected chi connectivity index (χ2v) is 2.34. The maximum Gasteiger partial charge on any atom is 0.236 e. The first-order valence-electron chi connectivity index (χ1n) is 4.10. The van der Waals surface area contributed by atoms with E-state index in [0.717, 1.165) is 0 Å². The van der Waals surface area contributed by atoms with Crippen LogP contribution in [0, 0.1) is 5.92 Å². The zero-order valence-electron chi connectivity index (χ0n) is 8.18. The third-order valence-corrected chi connectivity index (χ3v) is 0.961. The molecule has 2 amide bonds. The molecular weight excluding hydrogens is 156 g/mol. The van der Waals surface area contributed by atoms with Crippen LogP contribution in [0.2, 0.25) is 0 Å². The number of carbonyl (C=O) groups is 2. The monoisotopic (exact) mass is 174 g/mol. The number of nitrogens with one attached hydrogen (secondary N) is 1. The van der Waals surface area contributed by atoms with E-state index in [1.807, 2.05) is 13.8 Å². The molecule has 0 rings (SSSR count). The Bertz CT molecular complexity index is 144. The maximum atomic E-state index is 10.7. The molecule has 0 aliphatic carbocycles. The molecular formula is C8H18N2O2. The van der Waals surface area contributed by atoms with Crippen molar-refractivity contribution in [1.29, 1.82) is 0 Å². The van der Waals surface area contributed by atoms with E-state index in [4.69, 9.17) is 5.73 Å². The van der Waals surface area contributed by atoms with Crippen LogP contribution >= 0.6 is 0 Å². The van der Waals surface area contributed by atoms with Gasteiger partial charge in [-0.3, -0.25) is 9.59 Å².